The lowest BCUT2D eigenvalue weighted by molar-refractivity contribution is 0.0509. The minimum absolute atomic E-state index is 0.00230. The third-order valence-corrected chi connectivity index (χ3v) is 3.41. The van der Waals surface area contributed by atoms with Gasteiger partial charge in [0.15, 0.2) is 0 Å². The van der Waals surface area contributed by atoms with E-state index in [9.17, 15) is 13.5 Å². The number of piperidine rings is 1. The fourth-order valence-corrected chi connectivity index (χ4v) is 2.73. The summed E-state index contributed by atoms with van der Waals surface area (Å²) >= 11 is 0. The van der Waals surface area contributed by atoms with Gasteiger partial charge >= 0.3 is 0 Å². The van der Waals surface area contributed by atoms with Crippen molar-refractivity contribution in [2.75, 3.05) is 32.5 Å². The van der Waals surface area contributed by atoms with E-state index in [-0.39, 0.29) is 12.6 Å². The van der Waals surface area contributed by atoms with Crippen molar-refractivity contribution >= 4 is 10.0 Å². The molecule has 7 heteroatoms. The Labute approximate surface area is 96.3 Å². The van der Waals surface area contributed by atoms with E-state index < -0.39 is 16.1 Å². The van der Waals surface area contributed by atoms with E-state index in [1.54, 1.807) is 0 Å². The lowest BCUT2D eigenvalue weighted by atomic mass is 10.1. The summed E-state index contributed by atoms with van der Waals surface area (Å²) in [5.41, 5.74) is 0. The van der Waals surface area contributed by atoms with Crippen LogP contribution in [0.1, 0.15) is 12.8 Å². The first-order valence-electron chi connectivity index (χ1n) is 5.39. The van der Waals surface area contributed by atoms with E-state index in [2.05, 4.69) is 4.72 Å². The van der Waals surface area contributed by atoms with E-state index in [4.69, 9.17) is 5.11 Å². The first kappa shape index (κ1) is 13.9. The van der Waals surface area contributed by atoms with Crippen molar-refractivity contribution in [2.24, 2.45) is 0 Å². The molecular formula is C9H20N2O4S. The van der Waals surface area contributed by atoms with Gasteiger partial charge in [-0.3, -0.25) is 0 Å². The lowest BCUT2D eigenvalue weighted by Crippen LogP contribution is -2.46. The number of β-amino-alcohol motifs (C(OH)–C–C–N with tert-alkyl or cyclic N) is 1. The molecule has 0 amide bonds. The van der Waals surface area contributed by atoms with Crippen LogP contribution in [0.5, 0.6) is 0 Å². The lowest BCUT2D eigenvalue weighted by Gasteiger charge is -2.32. The van der Waals surface area contributed by atoms with Crippen molar-refractivity contribution in [3.63, 3.8) is 0 Å². The number of aliphatic hydroxyl groups is 2. The van der Waals surface area contributed by atoms with E-state index in [0.717, 1.165) is 32.2 Å². The number of likely N-dealkylation sites (tertiary alicyclic amines) is 1. The molecule has 1 aliphatic rings. The minimum Gasteiger partial charge on any atom is -0.394 e. The predicted octanol–water partition coefficient (Wildman–Crippen LogP) is -1.65. The van der Waals surface area contributed by atoms with Crippen LogP contribution >= 0.6 is 0 Å². The molecule has 0 aromatic rings. The Morgan fingerprint density at radius 2 is 2.00 bits per heavy atom. The van der Waals surface area contributed by atoms with Gasteiger partial charge in [0.25, 0.3) is 0 Å². The number of aliphatic hydroxyl groups excluding tert-OH is 2. The number of nitrogens with one attached hydrogen (secondary N) is 1. The molecule has 0 bridgehead atoms. The Morgan fingerprint density at radius 1 is 1.44 bits per heavy atom. The molecular weight excluding hydrogens is 232 g/mol. The van der Waals surface area contributed by atoms with Crippen molar-refractivity contribution < 1.29 is 18.6 Å². The number of hydrogen-bond donors (Lipinski definition) is 3. The van der Waals surface area contributed by atoms with Crippen LogP contribution in [0.3, 0.4) is 0 Å². The molecule has 1 unspecified atom stereocenters. The third-order valence-electron chi connectivity index (χ3n) is 2.65. The second-order valence-electron chi connectivity index (χ2n) is 4.30. The van der Waals surface area contributed by atoms with Gasteiger partial charge in [0.05, 0.1) is 19.0 Å². The van der Waals surface area contributed by atoms with E-state index in [1.807, 2.05) is 4.90 Å². The molecule has 1 heterocycles. The number of sulfonamides is 1. The molecule has 0 aliphatic carbocycles. The zero-order valence-corrected chi connectivity index (χ0v) is 10.3. The van der Waals surface area contributed by atoms with Crippen LogP contribution in [-0.4, -0.2) is 68.2 Å². The van der Waals surface area contributed by atoms with Crippen LogP contribution in [0, 0.1) is 0 Å². The summed E-state index contributed by atoms with van der Waals surface area (Å²) in [6.45, 7) is 1.69. The zero-order valence-electron chi connectivity index (χ0n) is 9.46. The molecule has 0 saturated carbocycles. The van der Waals surface area contributed by atoms with Crippen LogP contribution in [-0.2, 0) is 10.0 Å². The third kappa shape index (κ3) is 5.22. The molecule has 3 N–H and O–H groups in total. The fourth-order valence-electron chi connectivity index (χ4n) is 1.89. The normalized spacial score (nSPS) is 22.2. The van der Waals surface area contributed by atoms with Crippen molar-refractivity contribution in [1.82, 2.24) is 9.62 Å². The van der Waals surface area contributed by atoms with Gasteiger partial charge in [0, 0.05) is 12.6 Å². The maximum atomic E-state index is 11.0. The highest BCUT2D eigenvalue weighted by Crippen LogP contribution is 2.11. The quantitative estimate of drug-likeness (QED) is 0.546. The number of rotatable bonds is 5. The second-order valence-corrected chi connectivity index (χ2v) is 6.08. The standard InChI is InChI=1S/C9H20N2O4S/c1-16(14,15)10-8-2-4-11(5-3-8)6-9(13)7-12/h8-10,12-13H,2-7H2,1H3. The van der Waals surface area contributed by atoms with Crippen molar-refractivity contribution in [2.45, 2.75) is 25.0 Å². The van der Waals surface area contributed by atoms with Gasteiger partial charge in [-0.05, 0) is 25.9 Å². The number of nitrogens with zero attached hydrogens (tertiary/aromatic N) is 1. The van der Waals surface area contributed by atoms with Crippen molar-refractivity contribution in [3.05, 3.63) is 0 Å². The molecule has 96 valence electrons. The van der Waals surface area contributed by atoms with Crippen LogP contribution in [0.2, 0.25) is 0 Å². The van der Waals surface area contributed by atoms with Gasteiger partial charge in [-0.2, -0.15) is 0 Å². The molecule has 0 radical (unpaired) electrons. The van der Waals surface area contributed by atoms with Crippen molar-refractivity contribution in [3.8, 4) is 0 Å². The summed E-state index contributed by atoms with van der Waals surface area (Å²) < 4.78 is 24.6. The smallest absolute Gasteiger partial charge is 0.208 e. The summed E-state index contributed by atoms with van der Waals surface area (Å²) in [5, 5.41) is 18.0. The van der Waals surface area contributed by atoms with Gasteiger partial charge in [-0.15, -0.1) is 0 Å². The summed E-state index contributed by atoms with van der Waals surface area (Å²) in [6.07, 6.45) is 1.94. The minimum atomic E-state index is -3.13. The Bertz CT molecular complexity index is 299. The van der Waals surface area contributed by atoms with Crippen LogP contribution in [0.15, 0.2) is 0 Å². The fraction of sp³-hybridized carbons (Fsp3) is 1.00. The van der Waals surface area contributed by atoms with Crippen LogP contribution in [0.4, 0.5) is 0 Å². The largest absolute Gasteiger partial charge is 0.394 e. The Morgan fingerprint density at radius 3 is 2.44 bits per heavy atom. The average molecular weight is 252 g/mol. The van der Waals surface area contributed by atoms with Crippen LogP contribution in [0.25, 0.3) is 0 Å². The average Bonchev–Trinajstić information content (AvgIpc) is 2.18. The molecule has 1 rings (SSSR count). The molecule has 1 saturated heterocycles. The highest BCUT2D eigenvalue weighted by molar-refractivity contribution is 7.88. The zero-order chi connectivity index (χ0) is 12.2. The predicted molar refractivity (Wildman–Crippen MR) is 60.5 cm³/mol. The van der Waals surface area contributed by atoms with E-state index in [0.29, 0.717) is 6.54 Å². The van der Waals surface area contributed by atoms with Gasteiger partial charge in [0.2, 0.25) is 10.0 Å². The highest BCUT2D eigenvalue weighted by atomic mass is 32.2. The maximum absolute atomic E-state index is 11.0. The van der Waals surface area contributed by atoms with Crippen molar-refractivity contribution in [1.29, 1.82) is 0 Å². The molecule has 1 atom stereocenters. The number of hydrogen-bond acceptors (Lipinski definition) is 5. The molecule has 1 aliphatic heterocycles. The Kier molecular flexibility index (Phi) is 5.13. The van der Waals surface area contributed by atoms with E-state index >= 15 is 0 Å². The van der Waals surface area contributed by atoms with Crippen LogP contribution < -0.4 is 4.72 Å². The topological polar surface area (TPSA) is 89.9 Å². The molecule has 0 aromatic heterocycles. The Balaban J connectivity index is 2.29. The van der Waals surface area contributed by atoms with Gasteiger partial charge in [-0.1, -0.05) is 0 Å². The van der Waals surface area contributed by atoms with Gasteiger partial charge < -0.3 is 15.1 Å². The summed E-state index contributed by atoms with van der Waals surface area (Å²) in [5.74, 6) is 0. The van der Waals surface area contributed by atoms with Gasteiger partial charge in [-0.25, -0.2) is 13.1 Å². The molecule has 0 aromatic carbocycles. The molecule has 16 heavy (non-hydrogen) atoms. The molecule has 6 nitrogen and oxygen atoms in total. The van der Waals surface area contributed by atoms with E-state index in [1.165, 1.54) is 0 Å². The monoisotopic (exact) mass is 252 g/mol. The Hall–Kier alpha value is -0.210. The first-order valence-corrected chi connectivity index (χ1v) is 7.28. The maximum Gasteiger partial charge on any atom is 0.208 e. The van der Waals surface area contributed by atoms with Gasteiger partial charge in [0.1, 0.15) is 0 Å². The molecule has 1 fully saturated rings. The second kappa shape index (κ2) is 5.92. The first-order chi connectivity index (χ1) is 7.40. The summed E-state index contributed by atoms with van der Waals surface area (Å²) in [7, 11) is -3.13. The highest BCUT2D eigenvalue weighted by Gasteiger charge is 2.22. The summed E-state index contributed by atoms with van der Waals surface area (Å²) in [4.78, 5) is 2.03. The molecule has 0 spiro atoms. The SMILES string of the molecule is CS(=O)(=O)NC1CCN(CC(O)CO)CC1. The summed E-state index contributed by atoms with van der Waals surface area (Å²) in [6, 6.07) is -0.00230.